The molecule has 0 saturated heterocycles. The second-order valence-electron chi connectivity index (χ2n) is 4.86. The number of ether oxygens (including phenoxy) is 2. The van der Waals surface area contributed by atoms with Crippen LogP contribution in [0.4, 0.5) is 5.69 Å². The van der Waals surface area contributed by atoms with E-state index < -0.39 is 0 Å². The molecule has 0 aliphatic heterocycles. The van der Waals surface area contributed by atoms with E-state index in [0.29, 0.717) is 38.7 Å². The first-order chi connectivity index (χ1) is 11.5. The minimum absolute atomic E-state index is 0.0905. The van der Waals surface area contributed by atoms with E-state index in [4.69, 9.17) is 32.7 Å². The van der Waals surface area contributed by atoms with Gasteiger partial charge in [-0.2, -0.15) is 0 Å². The topological polar surface area (TPSA) is 47.6 Å². The van der Waals surface area contributed by atoms with Gasteiger partial charge in [0.2, 0.25) is 5.91 Å². The molecule has 4 nitrogen and oxygen atoms in total. The molecule has 0 spiro atoms. The van der Waals surface area contributed by atoms with Gasteiger partial charge in [-0.3, -0.25) is 4.79 Å². The number of methoxy groups -OCH3 is 2. The number of carbonyl (C=O) groups is 1. The van der Waals surface area contributed by atoms with E-state index in [1.807, 2.05) is 12.1 Å². The average molecular weight is 386 g/mol. The maximum atomic E-state index is 12.0. The van der Waals surface area contributed by atoms with Crippen molar-refractivity contribution in [1.29, 1.82) is 0 Å². The lowest BCUT2D eigenvalue weighted by Gasteiger charge is -2.10. The van der Waals surface area contributed by atoms with Crippen LogP contribution in [0.1, 0.15) is 5.56 Å². The summed E-state index contributed by atoms with van der Waals surface area (Å²) < 4.78 is 10.4. The van der Waals surface area contributed by atoms with Gasteiger partial charge in [-0.1, -0.05) is 29.3 Å². The lowest BCUT2D eigenvalue weighted by Crippen LogP contribution is -2.14. The van der Waals surface area contributed by atoms with Gasteiger partial charge < -0.3 is 14.8 Å². The average Bonchev–Trinajstić information content (AvgIpc) is 2.58. The largest absolute Gasteiger partial charge is 0.493 e. The van der Waals surface area contributed by atoms with E-state index in [9.17, 15) is 4.79 Å². The van der Waals surface area contributed by atoms with Crippen LogP contribution in [-0.2, 0) is 10.5 Å². The summed E-state index contributed by atoms with van der Waals surface area (Å²) in [5, 5.41) is 3.87. The van der Waals surface area contributed by atoms with Crippen molar-refractivity contribution in [2.24, 2.45) is 0 Å². The van der Waals surface area contributed by atoms with Crippen molar-refractivity contribution in [2.45, 2.75) is 5.75 Å². The van der Waals surface area contributed by atoms with E-state index in [-0.39, 0.29) is 5.91 Å². The van der Waals surface area contributed by atoms with Crippen LogP contribution in [0, 0.1) is 0 Å². The molecule has 0 radical (unpaired) electrons. The van der Waals surface area contributed by atoms with Gasteiger partial charge in [-0.25, -0.2) is 0 Å². The first-order valence-corrected chi connectivity index (χ1v) is 8.98. The fourth-order valence-electron chi connectivity index (χ4n) is 2.00. The van der Waals surface area contributed by atoms with E-state index in [1.165, 1.54) is 11.8 Å². The van der Waals surface area contributed by atoms with Crippen molar-refractivity contribution in [2.75, 3.05) is 25.3 Å². The molecule has 2 rings (SSSR count). The molecule has 0 aliphatic rings. The molecule has 0 bridgehead atoms. The highest BCUT2D eigenvalue weighted by molar-refractivity contribution is 7.99. The van der Waals surface area contributed by atoms with Gasteiger partial charge in [-0.05, 0) is 29.8 Å². The third-order valence-electron chi connectivity index (χ3n) is 3.15. The van der Waals surface area contributed by atoms with Crippen molar-refractivity contribution in [3.05, 3.63) is 52.0 Å². The minimum atomic E-state index is -0.0905. The Bertz CT molecular complexity index is 725. The number of rotatable bonds is 7. The Hall–Kier alpha value is -1.56. The van der Waals surface area contributed by atoms with Gasteiger partial charge in [0.1, 0.15) is 0 Å². The van der Waals surface area contributed by atoms with E-state index in [2.05, 4.69) is 5.32 Å². The number of halogens is 2. The van der Waals surface area contributed by atoms with Crippen LogP contribution in [0.25, 0.3) is 0 Å². The molecule has 0 fully saturated rings. The Morgan fingerprint density at radius 3 is 2.46 bits per heavy atom. The van der Waals surface area contributed by atoms with E-state index >= 15 is 0 Å². The van der Waals surface area contributed by atoms with Gasteiger partial charge >= 0.3 is 0 Å². The summed E-state index contributed by atoms with van der Waals surface area (Å²) in [6.07, 6.45) is 0. The molecule has 1 amide bonds. The number of nitrogens with one attached hydrogen (secondary N) is 1. The quantitative estimate of drug-likeness (QED) is 0.737. The van der Waals surface area contributed by atoms with Crippen LogP contribution in [0.5, 0.6) is 11.5 Å². The molecule has 0 unspecified atom stereocenters. The predicted molar refractivity (Wildman–Crippen MR) is 101 cm³/mol. The summed E-state index contributed by atoms with van der Waals surface area (Å²) >= 11 is 13.3. The molecule has 0 aliphatic carbocycles. The number of anilines is 1. The number of amides is 1. The Kier molecular flexibility index (Phi) is 7.09. The van der Waals surface area contributed by atoms with E-state index in [0.717, 1.165) is 5.56 Å². The monoisotopic (exact) mass is 385 g/mol. The smallest absolute Gasteiger partial charge is 0.234 e. The molecule has 2 aromatic rings. The fourth-order valence-corrected chi connectivity index (χ4v) is 3.10. The SMILES string of the molecule is COc1ccc(NC(=O)CSCc2ccc(Cl)c(Cl)c2)cc1OC. The zero-order valence-electron chi connectivity index (χ0n) is 13.3. The van der Waals surface area contributed by atoms with Gasteiger partial charge in [0.25, 0.3) is 0 Å². The minimum Gasteiger partial charge on any atom is -0.493 e. The molecular weight excluding hydrogens is 369 g/mol. The molecular formula is C17H17Cl2NO3S. The highest BCUT2D eigenvalue weighted by Gasteiger charge is 2.08. The predicted octanol–water partition coefficient (Wildman–Crippen LogP) is 4.88. The summed E-state index contributed by atoms with van der Waals surface area (Å²) in [4.78, 5) is 12.0. The Morgan fingerprint density at radius 2 is 1.79 bits per heavy atom. The number of thioether (sulfide) groups is 1. The van der Waals surface area contributed by atoms with Crippen LogP contribution >= 0.6 is 35.0 Å². The summed E-state index contributed by atoms with van der Waals surface area (Å²) in [6.45, 7) is 0. The summed E-state index contributed by atoms with van der Waals surface area (Å²) in [6, 6.07) is 10.7. The molecule has 0 aromatic heterocycles. The number of carbonyl (C=O) groups excluding carboxylic acids is 1. The number of benzene rings is 2. The molecule has 1 N–H and O–H groups in total. The van der Waals surface area contributed by atoms with Gasteiger partial charge in [0, 0.05) is 17.5 Å². The van der Waals surface area contributed by atoms with Crippen LogP contribution in [0.2, 0.25) is 10.0 Å². The van der Waals surface area contributed by atoms with Gasteiger partial charge in [0.05, 0.1) is 30.0 Å². The van der Waals surface area contributed by atoms with Crippen molar-refractivity contribution < 1.29 is 14.3 Å². The third kappa shape index (κ3) is 5.23. The van der Waals surface area contributed by atoms with Gasteiger partial charge in [-0.15, -0.1) is 11.8 Å². The van der Waals surface area contributed by atoms with Crippen molar-refractivity contribution in [3.63, 3.8) is 0 Å². The molecule has 0 heterocycles. The lowest BCUT2D eigenvalue weighted by molar-refractivity contribution is -0.113. The van der Waals surface area contributed by atoms with Crippen LogP contribution < -0.4 is 14.8 Å². The molecule has 24 heavy (non-hydrogen) atoms. The highest BCUT2D eigenvalue weighted by atomic mass is 35.5. The molecule has 2 aromatic carbocycles. The fraction of sp³-hybridized carbons (Fsp3) is 0.235. The molecule has 0 atom stereocenters. The van der Waals surface area contributed by atoms with E-state index in [1.54, 1.807) is 38.5 Å². The van der Waals surface area contributed by atoms with Crippen molar-refractivity contribution >= 4 is 46.6 Å². The first kappa shape index (κ1) is 18.8. The van der Waals surface area contributed by atoms with Crippen LogP contribution in [0.3, 0.4) is 0 Å². The van der Waals surface area contributed by atoms with Crippen molar-refractivity contribution in [3.8, 4) is 11.5 Å². The standard InChI is InChI=1S/C17H17Cl2NO3S/c1-22-15-6-4-12(8-16(15)23-2)20-17(21)10-24-9-11-3-5-13(18)14(19)7-11/h3-8H,9-10H2,1-2H3,(H,20,21). The second kappa shape index (κ2) is 9.06. The highest BCUT2D eigenvalue weighted by Crippen LogP contribution is 2.30. The Balaban J connectivity index is 1.86. The summed E-state index contributed by atoms with van der Waals surface area (Å²) in [7, 11) is 3.12. The second-order valence-corrected chi connectivity index (χ2v) is 6.66. The van der Waals surface area contributed by atoms with Crippen molar-refractivity contribution in [1.82, 2.24) is 0 Å². The zero-order valence-corrected chi connectivity index (χ0v) is 15.6. The normalized spacial score (nSPS) is 10.3. The first-order valence-electron chi connectivity index (χ1n) is 7.07. The summed E-state index contributed by atoms with van der Waals surface area (Å²) in [5.74, 6) is 2.10. The maximum Gasteiger partial charge on any atom is 0.234 e. The third-order valence-corrected chi connectivity index (χ3v) is 4.90. The van der Waals surface area contributed by atoms with Crippen LogP contribution in [0.15, 0.2) is 36.4 Å². The zero-order chi connectivity index (χ0) is 17.5. The lowest BCUT2D eigenvalue weighted by atomic mass is 10.2. The van der Waals surface area contributed by atoms with Gasteiger partial charge in [0.15, 0.2) is 11.5 Å². The number of hydrogen-bond acceptors (Lipinski definition) is 4. The molecule has 0 saturated carbocycles. The maximum absolute atomic E-state index is 12.0. The molecule has 7 heteroatoms. The molecule has 128 valence electrons. The summed E-state index contributed by atoms with van der Waals surface area (Å²) in [5.41, 5.74) is 1.68. The van der Waals surface area contributed by atoms with Crippen LogP contribution in [-0.4, -0.2) is 25.9 Å². The number of hydrogen-bond donors (Lipinski definition) is 1. The Labute approximate surface area is 155 Å². The Morgan fingerprint density at radius 1 is 1.04 bits per heavy atom.